The number of ether oxygens (including phenoxy) is 2. The summed E-state index contributed by atoms with van der Waals surface area (Å²) in [5.74, 6) is 2.17. The van der Waals surface area contributed by atoms with E-state index < -0.39 is 0 Å². The van der Waals surface area contributed by atoms with Gasteiger partial charge in [-0.3, -0.25) is 4.90 Å². The van der Waals surface area contributed by atoms with E-state index in [1.807, 2.05) is 54.2 Å². The lowest BCUT2D eigenvalue weighted by Gasteiger charge is -2.25. The van der Waals surface area contributed by atoms with Crippen molar-refractivity contribution < 1.29 is 14.6 Å². The highest BCUT2D eigenvalue weighted by Gasteiger charge is 2.33. The van der Waals surface area contributed by atoms with Crippen LogP contribution in [0.25, 0.3) is 11.3 Å². The van der Waals surface area contributed by atoms with Crippen LogP contribution >= 0.6 is 0 Å². The lowest BCUT2D eigenvalue weighted by molar-refractivity contribution is 0.0951. The minimum atomic E-state index is -0.315. The molecule has 1 aromatic heterocycles. The molecule has 1 fully saturated rings. The van der Waals surface area contributed by atoms with Crippen LogP contribution in [0.1, 0.15) is 44.6 Å². The van der Waals surface area contributed by atoms with Crippen molar-refractivity contribution in [2.45, 2.75) is 57.7 Å². The molecule has 1 aliphatic rings. The number of nitrogens with zero attached hydrogens (tertiary/aromatic N) is 3. The third-order valence-corrected chi connectivity index (χ3v) is 6.15. The van der Waals surface area contributed by atoms with Gasteiger partial charge in [0.1, 0.15) is 17.2 Å². The predicted octanol–water partition coefficient (Wildman–Crippen LogP) is 5.40. The molecule has 0 radical (unpaired) electrons. The Bertz CT molecular complexity index is 1030. The van der Waals surface area contributed by atoms with E-state index in [0.717, 1.165) is 47.7 Å². The summed E-state index contributed by atoms with van der Waals surface area (Å²) >= 11 is 0. The van der Waals surface area contributed by atoms with Crippen LogP contribution in [0.15, 0.2) is 54.6 Å². The van der Waals surface area contributed by atoms with E-state index >= 15 is 0 Å². The molecule has 0 aliphatic heterocycles. The zero-order valence-corrected chi connectivity index (χ0v) is 19.9. The Morgan fingerprint density at radius 2 is 1.88 bits per heavy atom. The summed E-state index contributed by atoms with van der Waals surface area (Å²) in [6, 6.07) is 18.4. The van der Waals surface area contributed by atoms with Crippen LogP contribution in [0.3, 0.4) is 0 Å². The third kappa shape index (κ3) is 5.95. The fourth-order valence-electron chi connectivity index (χ4n) is 4.21. The van der Waals surface area contributed by atoms with Gasteiger partial charge in [-0.05, 0) is 31.4 Å². The molecule has 176 valence electrons. The van der Waals surface area contributed by atoms with Crippen molar-refractivity contribution in [2.24, 2.45) is 7.05 Å². The highest BCUT2D eigenvalue weighted by atomic mass is 16.5. The molecule has 0 saturated heterocycles. The van der Waals surface area contributed by atoms with Crippen LogP contribution in [0, 0.1) is 0 Å². The van der Waals surface area contributed by atoms with Gasteiger partial charge >= 0.3 is 0 Å². The number of hydrogen-bond donors (Lipinski definition) is 1. The topological polar surface area (TPSA) is 59.8 Å². The lowest BCUT2D eigenvalue weighted by atomic mass is 10.1. The van der Waals surface area contributed by atoms with Crippen LogP contribution < -0.4 is 9.47 Å². The number of aliphatic hydroxyl groups is 1. The molecule has 3 aromatic rings. The van der Waals surface area contributed by atoms with Crippen molar-refractivity contribution in [3.63, 3.8) is 0 Å². The first-order valence-electron chi connectivity index (χ1n) is 11.9. The summed E-state index contributed by atoms with van der Waals surface area (Å²) in [6.45, 7) is 3.52. The Hall–Kier alpha value is -2.83. The highest BCUT2D eigenvalue weighted by Crippen LogP contribution is 2.37. The van der Waals surface area contributed by atoms with Crippen molar-refractivity contribution in [1.29, 1.82) is 0 Å². The van der Waals surface area contributed by atoms with Gasteiger partial charge in [-0.25, -0.2) is 4.68 Å². The normalized spacial score (nSPS) is 14.5. The first kappa shape index (κ1) is 23.3. The van der Waals surface area contributed by atoms with Crippen LogP contribution in [0.2, 0.25) is 0 Å². The number of hydrogen-bond acceptors (Lipinski definition) is 5. The standard InChI is InChI=1S/C27H35N3O3/c1-4-5-12-22(31)18-30(21-15-16-21)19-25-26(20-10-7-6-8-11-20)28-29(2)27(25)33-24-14-9-13-23(17-24)32-3/h6-11,13-14,17,21-22,31H,4-5,12,15-16,18-19H2,1-3H3. The van der Waals surface area contributed by atoms with Crippen molar-refractivity contribution in [3.05, 3.63) is 60.2 Å². The van der Waals surface area contributed by atoms with Crippen molar-refractivity contribution in [2.75, 3.05) is 13.7 Å². The minimum Gasteiger partial charge on any atom is -0.497 e. The van der Waals surface area contributed by atoms with E-state index in [0.29, 0.717) is 24.9 Å². The number of methoxy groups -OCH3 is 1. The smallest absolute Gasteiger partial charge is 0.222 e. The Morgan fingerprint density at radius 1 is 1.12 bits per heavy atom. The molecule has 1 saturated carbocycles. The second-order valence-corrected chi connectivity index (χ2v) is 8.86. The quantitative estimate of drug-likeness (QED) is 0.401. The molecular formula is C27H35N3O3. The lowest BCUT2D eigenvalue weighted by Crippen LogP contribution is -2.34. The maximum Gasteiger partial charge on any atom is 0.222 e. The molecule has 1 aliphatic carbocycles. The first-order valence-corrected chi connectivity index (χ1v) is 11.9. The number of aromatic nitrogens is 2. The van der Waals surface area contributed by atoms with Gasteiger partial charge in [0, 0.05) is 37.8 Å². The average molecular weight is 450 g/mol. The monoisotopic (exact) mass is 449 g/mol. The second kappa shape index (κ2) is 10.9. The van der Waals surface area contributed by atoms with Gasteiger partial charge in [0.15, 0.2) is 0 Å². The molecule has 1 N–H and O–H groups in total. The third-order valence-electron chi connectivity index (χ3n) is 6.15. The van der Waals surface area contributed by atoms with Gasteiger partial charge < -0.3 is 14.6 Å². The van der Waals surface area contributed by atoms with Gasteiger partial charge in [0.25, 0.3) is 0 Å². The molecule has 33 heavy (non-hydrogen) atoms. The molecule has 0 bridgehead atoms. The van der Waals surface area contributed by atoms with Gasteiger partial charge in [-0.15, -0.1) is 0 Å². The van der Waals surface area contributed by atoms with Crippen molar-refractivity contribution >= 4 is 0 Å². The summed E-state index contributed by atoms with van der Waals surface area (Å²) in [7, 11) is 3.57. The van der Waals surface area contributed by atoms with E-state index in [9.17, 15) is 5.11 Å². The van der Waals surface area contributed by atoms with E-state index in [1.165, 1.54) is 12.8 Å². The molecule has 6 heteroatoms. The molecule has 2 aromatic carbocycles. The van der Waals surface area contributed by atoms with Gasteiger partial charge in [-0.1, -0.05) is 56.2 Å². The molecule has 1 heterocycles. The van der Waals surface area contributed by atoms with Gasteiger partial charge in [0.2, 0.25) is 5.88 Å². The summed E-state index contributed by atoms with van der Waals surface area (Å²) in [5.41, 5.74) is 3.02. The molecule has 6 nitrogen and oxygen atoms in total. The fourth-order valence-corrected chi connectivity index (χ4v) is 4.21. The fraction of sp³-hybridized carbons (Fsp3) is 0.444. The van der Waals surface area contributed by atoms with Gasteiger partial charge in [0.05, 0.1) is 18.8 Å². The summed E-state index contributed by atoms with van der Waals surface area (Å²) in [4.78, 5) is 2.40. The predicted molar refractivity (Wildman–Crippen MR) is 131 cm³/mol. The second-order valence-electron chi connectivity index (χ2n) is 8.86. The maximum atomic E-state index is 10.7. The zero-order chi connectivity index (χ0) is 23.2. The summed E-state index contributed by atoms with van der Waals surface area (Å²) in [5, 5.41) is 15.5. The van der Waals surface area contributed by atoms with Crippen molar-refractivity contribution in [1.82, 2.24) is 14.7 Å². The molecule has 1 unspecified atom stereocenters. The number of rotatable bonds is 12. The largest absolute Gasteiger partial charge is 0.497 e. The molecular weight excluding hydrogens is 414 g/mol. The molecule has 4 rings (SSSR count). The number of aliphatic hydroxyl groups excluding tert-OH is 1. The van der Waals surface area contributed by atoms with Gasteiger partial charge in [-0.2, -0.15) is 5.10 Å². The van der Waals surface area contributed by atoms with E-state index in [-0.39, 0.29) is 6.10 Å². The zero-order valence-electron chi connectivity index (χ0n) is 19.9. The Labute approximate surface area is 196 Å². The van der Waals surface area contributed by atoms with Crippen LogP contribution in [0.4, 0.5) is 0 Å². The number of benzene rings is 2. The molecule has 0 spiro atoms. The molecule has 0 amide bonds. The first-order chi connectivity index (χ1) is 16.1. The Balaban J connectivity index is 1.67. The number of unbranched alkanes of at least 4 members (excludes halogenated alkanes) is 1. The van der Waals surface area contributed by atoms with Crippen LogP contribution in [-0.4, -0.2) is 45.6 Å². The van der Waals surface area contributed by atoms with Crippen molar-refractivity contribution in [3.8, 4) is 28.6 Å². The molecule has 1 atom stereocenters. The summed E-state index contributed by atoms with van der Waals surface area (Å²) < 4.78 is 13.6. The van der Waals surface area contributed by atoms with Crippen LogP contribution in [0.5, 0.6) is 17.4 Å². The SMILES string of the molecule is CCCCC(O)CN(Cc1c(-c2ccccc2)nn(C)c1Oc1cccc(OC)c1)C1CC1. The highest BCUT2D eigenvalue weighted by molar-refractivity contribution is 5.65. The average Bonchev–Trinajstić information content (AvgIpc) is 3.64. The maximum absolute atomic E-state index is 10.7. The Kier molecular flexibility index (Phi) is 7.68. The minimum absolute atomic E-state index is 0.315. The van der Waals surface area contributed by atoms with E-state index in [4.69, 9.17) is 14.6 Å². The number of aryl methyl sites for hydroxylation is 1. The summed E-state index contributed by atoms with van der Waals surface area (Å²) in [6.07, 6.45) is 5.02. The van der Waals surface area contributed by atoms with E-state index in [1.54, 1.807) is 7.11 Å². The Morgan fingerprint density at radius 3 is 2.58 bits per heavy atom. The van der Waals surface area contributed by atoms with E-state index in [2.05, 4.69) is 24.0 Å². The van der Waals surface area contributed by atoms with Crippen LogP contribution in [-0.2, 0) is 13.6 Å².